The van der Waals surface area contributed by atoms with Crippen LogP contribution in [0.1, 0.15) is 11.1 Å². The molecule has 0 saturated carbocycles. The van der Waals surface area contributed by atoms with Gasteiger partial charge in [-0.05, 0) is 11.6 Å². The maximum Gasteiger partial charge on any atom is 0.167 e. The first kappa shape index (κ1) is 14.2. The van der Waals surface area contributed by atoms with Gasteiger partial charge in [-0.2, -0.15) is 0 Å². The van der Waals surface area contributed by atoms with Crippen molar-refractivity contribution in [2.45, 2.75) is 6.61 Å². The van der Waals surface area contributed by atoms with Gasteiger partial charge in [-0.1, -0.05) is 54.6 Å². The van der Waals surface area contributed by atoms with E-state index in [9.17, 15) is 0 Å². The third kappa shape index (κ3) is 3.62. The SMILES string of the molecule is COc1c(/C=C/CN)cccc1OCc1ccccc1. The van der Waals surface area contributed by atoms with Crippen LogP contribution in [-0.2, 0) is 6.61 Å². The van der Waals surface area contributed by atoms with Crippen molar-refractivity contribution in [1.29, 1.82) is 0 Å². The Morgan fingerprint density at radius 1 is 1.05 bits per heavy atom. The number of hydrogen-bond acceptors (Lipinski definition) is 3. The van der Waals surface area contributed by atoms with Crippen molar-refractivity contribution >= 4 is 6.08 Å². The van der Waals surface area contributed by atoms with Crippen molar-refractivity contribution < 1.29 is 9.47 Å². The van der Waals surface area contributed by atoms with Gasteiger partial charge in [0, 0.05) is 12.1 Å². The molecular formula is C17H19NO2. The van der Waals surface area contributed by atoms with E-state index in [1.807, 2.05) is 60.7 Å². The van der Waals surface area contributed by atoms with Gasteiger partial charge in [-0.25, -0.2) is 0 Å². The molecule has 0 spiro atoms. The Labute approximate surface area is 119 Å². The summed E-state index contributed by atoms with van der Waals surface area (Å²) < 4.78 is 11.3. The van der Waals surface area contributed by atoms with Gasteiger partial charge >= 0.3 is 0 Å². The number of ether oxygens (including phenoxy) is 2. The zero-order valence-corrected chi connectivity index (χ0v) is 11.6. The molecular weight excluding hydrogens is 250 g/mol. The van der Waals surface area contributed by atoms with E-state index < -0.39 is 0 Å². The number of rotatable bonds is 6. The Morgan fingerprint density at radius 3 is 2.55 bits per heavy atom. The van der Waals surface area contributed by atoms with E-state index >= 15 is 0 Å². The van der Waals surface area contributed by atoms with Crippen LogP contribution in [0.15, 0.2) is 54.6 Å². The highest BCUT2D eigenvalue weighted by atomic mass is 16.5. The van der Waals surface area contributed by atoms with Crippen LogP contribution in [0.5, 0.6) is 11.5 Å². The van der Waals surface area contributed by atoms with Crippen LogP contribution in [0, 0.1) is 0 Å². The molecule has 0 bridgehead atoms. The second kappa shape index (κ2) is 7.36. The summed E-state index contributed by atoms with van der Waals surface area (Å²) in [6, 6.07) is 15.9. The first-order valence-electron chi connectivity index (χ1n) is 6.55. The average molecular weight is 269 g/mol. The first-order chi connectivity index (χ1) is 9.85. The smallest absolute Gasteiger partial charge is 0.167 e. The monoisotopic (exact) mass is 269 g/mol. The summed E-state index contributed by atoms with van der Waals surface area (Å²) in [7, 11) is 1.64. The van der Waals surface area contributed by atoms with Crippen LogP contribution in [0.2, 0.25) is 0 Å². The molecule has 0 aromatic heterocycles. The number of methoxy groups -OCH3 is 1. The molecule has 2 aromatic rings. The minimum absolute atomic E-state index is 0.498. The van der Waals surface area contributed by atoms with Gasteiger partial charge in [0.05, 0.1) is 7.11 Å². The molecule has 3 nitrogen and oxygen atoms in total. The molecule has 0 fully saturated rings. The van der Waals surface area contributed by atoms with E-state index in [2.05, 4.69) is 0 Å². The fourth-order valence-electron chi connectivity index (χ4n) is 1.93. The minimum Gasteiger partial charge on any atom is -0.492 e. The van der Waals surface area contributed by atoms with E-state index in [1.165, 1.54) is 0 Å². The topological polar surface area (TPSA) is 44.5 Å². The standard InChI is InChI=1S/C17H19NO2/c1-19-17-15(10-6-12-18)9-5-11-16(17)20-13-14-7-3-2-4-8-14/h2-11H,12-13,18H2,1H3/b10-6+. The van der Waals surface area contributed by atoms with Crippen molar-refractivity contribution in [2.75, 3.05) is 13.7 Å². The van der Waals surface area contributed by atoms with Gasteiger partial charge in [0.1, 0.15) is 6.61 Å². The van der Waals surface area contributed by atoms with Crippen LogP contribution in [0.3, 0.4) is 0 Å². The van der Waals surface area contributed by atoms with Gasteiger partial charge in [0.15, 0.2) is 11.5 Å². The summed E-state index contributed by atoms with van der Waals surface area (Å²) in [5.41, 5.74) is 7.57. The first-order valence-corrected chi connectivity index (χ1v) is 6.55. The van der Waals surface area contributed by atoms with E-state index in [4.69, 9.17) is 15.2 Å². The highest BCUT2D eigenvalue weighted by molar-refractivity contribution is 5.62. The molecule has 3 heteroatoms. The minimum atomic E-state index is 0.498. The Morgan fingerprint density at radius 2 is 1.85 bits per heavy atom. The lowest BCUT2D eigenvalue weighted by Crippen LogP contribution is -1.99. The molecule has 0 aliphatic rings. The van der Waals surface area contributed by atoms with Crippen LogP contribution < -0.4 is 15.2 Å². The molecule has 0 saturated heterocycles. The van der Waals surface area contributed by atoms with E-state index in [-0.39, 0.29) is 0 Å². The molecule has 0 aliphatic heterocycles. The normalized spacial score (nSPS) is 10.7. The number of hydrogen-bond donors (Lipinski definition) is 1. The molecule has 0 unspecified atom stereocenters. The Kier molecular flexibility index (Phi) is 5.21. The zero-order chi connectivity index (χ0) is 14.2. The largest absolute Gasteiger partial charge is 0.492 e. The molecule has 0 radical (unpaired) electrons. The second-order valence-corrected chi connectivity index (χ2v) is 4.29. The fraction of sp³-hybridized carbons (Fsp3) is 0.176. The fourth-order valence-corrected chi connectivity index (χ4v) is 1.93. The van der Waals surface area contributed by atoms with Crippen molar-refractivity contribution in [2.24, 2.45) is 5.73 Å². The van der Waals surface area contributed by atoms with Gasteiger partial charge in [-0.15, -0.1) is 0 Å². The quantitative estimate of drug-likeness (QED) is 0.875. The van der Waals surface area contributed by atoms with Crippen molar-refractivity contribution in [3.8, 4) is 11.5 Å². The lowest BCUT2D eigenvalue weighted by molar-refractivity contribution is 0.284. The summed E-state index contributed by atoms with van der Waals surface area (Å²) in [5, 5.41) is 0. The van der Waals surface area contributed by atoms with E-state index in [1.54, 1.807) is 7.11 Å². The molecule has 0 atom stereocenters. The lowest BCUT2D eigenvalue weighted by atomic mass is 10.1. The summed E-state index contributed by atoms with van der Waals surface area (Å²) in [5.74, 6) is 1.46. The molecule has 20 heavy (non-hydrogen) atoms. The molecule has 0 aliphatic carbocycles. The number of nitrogens with two attached hydrogens (primary N) is 1. The highest BCUT2D eigenvalue weighted by Crippen LogP contribution is 2.32. The summed E-state index contributed by atoms with van der Waals surface area (Å²) in [6.45, 7) is 1.01. The van der Waals surface area contributed by atoms with Crippen LogP contribution >= 0.6 is 0 Å². The second-order valence-electron chi connectivity index (χ2n) is 4.29. The van der Waals surface area contributed by atoms with Crippen LogP contribution in [-0.4, -0.2) is 13.7 Å². The average Bonchev–Trinajstić information content (AvgIpc) is 2.51. The summed E-state index contributed by atoms with van der Waals surface area (Å²) in [4.78, 5) is 0. The van der Waals surface area contributed by atoms with Crippen molar-refractivity contribution in [1.82, 2.24) is 0 Å². The third-order valence-electron chi connectivity index (χ3n) is 2.88. The van der Waals surface area contributed by atoms with Gasteiger partial charge in [-0.3, -0.25) is 0 Å². The Bertz CT molecular complexity index is 564. The van der Waals surface area contributed by atoms with Gasteiger partial charge in [0.25, 0.3) is 0 Å². The molecule has 104 valence electrons. The van der Waals surface area contributed by atoms with E-state index in [0.717, 1.165) is 22.6 Å². The summed E-state index contributed by atoms with van der Waals surface area (Å²) in [6.07, 6.45) is 3.83. The summed E-state index contributed by atoms with van der Waals surface area (Å²) >= 11 is 0. The number of benzene rings is 2. The number of para-hydroxylation sites is 1. The maximum absolute atomic E-state index is 5.84. The highest BCUT2D eigenvalue weighted by Gasteiger charge is 2.08. The molecule has 2 aromatic carbocycles. The van der Waals surface area contributed by atoms with Crippen molar-refractivity contribution in [3.63, 3.8) is 0 Å². The van der Waals surface area contributed by atoms with Crippen LogP contribution in [0.25, 0.3) is 6.08 Å². The maximum atomic E-state index is 5.84. The van der Waals surface area contributed by atoms with Crippen molar-refractivity contribution in [3.05, 3.63) is 65.7 Å². The third-order valence-corrected chi connectivity index (χ3v) is 2.88. The van der Waals surface area contributed by atoms with E-state index in [0.29, 0.717) is 13.2 Å². The molecule has 2 N–H and O–H groups in total. The Hall–Kier alpha value is -2.26. The zero-order valence-electron chi connectivity index (χ0n) is 11.6. The molecule has 0 amide bonds. The predicted molar refractivity (Wildman–Crippen MR) is 81.9 cm³/mol. The predicted octanol–water partition coefficient (Wildman–Crippen LogP) is 3.25. The van der Waals surface area contributed by atoms with Gasteiger partial charge in [0.2, 0.25) is 0 Å². The molecule has 0 heterocycles. The lowest BCUT2D eigenvalue weighted by Gasteiger charge is -2.13. The van der Waals surface area contributed by atoms with Gasteiger partial charge < -0.3 is 15.2 Å². The molecule has 2 rings (SSSR count). The van der Waals surface area contributed by atoms with Crippen LogP contribution in [0.4, 0.5) is 0 Å². The Balaban J connectivity index is 2.17.